The molecule has 7 rings (SSSR count). The van der Waals surface area contributed by atoms with Crippen LogP contribution < -0.4 is 15.0 Å². The molecule has 13 heteroatoms. The number of rotatable bonds is 8. The molecule has 242 valence electrons. The number of benzene rings is 2. The highest BCUT2D eigenvalue weighted by Gasteiger charge is 2.49. The second kappa shape index (κ2) is 12.5. The van der Waals surface area contributed by atoms with Crippen LogP contribution in [0.4, 0.5) is 23.8 Å². The molecule has 3 aliphatic rings. The molecule has 3 aliphatic heterocycles. The van der Waals surface area contributed by atoms with E-state index in [1.165, 1.54) is 6.07 Å². The number of fused-ring (bicyclic) bond motifs is 3. The smallest absolute Gasteiger partial charge is 0.461 e. The maximum Gasteiger partial charge on any atom is 0.505 e. The topological polar surface area (TPSA) is 113 Å². The van der Waals surface area contributed by atoms with E-state index in [0.29, 0.717) is 53.6 Å². The average Bonchev–Trinajstić information content (AvgIpc) is 3.42. The van der Waals surface area contributed by atoms with Gasteiger partial charge in [-0.15, -0.1) is 0 Å². The van der Waals surface area contributed by atoms with Gasteiger partial charge in [-0.2, -0.15) is 9.97 Å². The summed E-state index contributed by atoms with van der Waals surface area (Å²) >= 11 is 0. The molecule has 3 fully saturated rings. The van der Waals surface area contributed by atoms with Crippen LogP contribution in [-0.4, -0.2) is 95.3 Å². The van der Waals surface area contributed by atoms with E-state index in [9.17, 15) is 9.18 Å². The van der Waals surface area contributed by atoms with E-state index in [1.54, 1.807) is 30.5 Å². The van der Waals surface area contributed by atoms with Crippen LogP contribution in [0.15, 0.2) is 36.5 Å². The molecule has 10 nitrogen and oxygen atoms in total. The molecule has 2 aromatic carbocycles. The highest BCUT2D eigenvalue weighted by atomic mass is 19.1. The fourth-order valence-electron chi connectivity index (χ4n) is 7.33. The molecule has 2 N–H and O–H groups in total. The predicted octanol–water partition coefficient (Wildman–Crippen LogP) is 5.12. The molecule has 5 heterocycles. The summed E-state index contributed by atoms with van der Waals surface area (Å²) in [7, 11) is 0. The van der Waals surface area contributed by atoms with Crippen molar-refractivity contribution in [2.45, 2.75) is 43.8 Å². The van der Waals surface area contributed by atoms with E-state index in [-0.39, 0.29) is 42.4 Å². The van der Waals surface area contributed by atoms with Crippen molar-refractivity contribution < 1.29 is 32.5 Å². The Morgan fingerprint density at radius 2 is 2.00 bits per heavy atom. The van der Waals surface area contributed by atoms with Gasteiger partial charge >= 0.3 is 12.2 Å². The number of aromatic nitrogens is 3. The molecule has 2 aromatic heterocycles. The Morgan fingerprint density at radius 1 is 1.11 bits per heavy atom. The van der Waals surface area contributed by atoms with Crippen LogP contribution in [0.25, 0.3) is 32.9 Å². The lowest BCUT2D eigenvalue weighted by Gasteiger charge is -2.31. The maximum atomic E-state index is 16.8. The van der Waals surface area contributed by atoms with Crippen LogP contribution in [0.1, 0.15) is 31.2 Å². The zero-order valence-corrected chi connectivity index (χ0v) is 25.3. The fourth-order valence-corrected chi connectivity index (χ4v) is 7.33. The normalized spacial score (nSPS) is 21.9. The maximum absolute atomic E-state index is 16.8. The second-order valence-corrected chi connectivity index (χ2v) is 12.3. The number of halogens is 3. The average molecular weight is 637 g/mol. The molecular formula is C33H35F3N6O4. The second-order valence-electron chi connectivity index (χ2n) is 12.3. The Labute approximate surface area is 263 Å². The summed E-state index contributed by atoms with van der Waals surface area (Å²) in [5, 5.41) is 13.8. The number of nitrogens with zero attached hydrogens (tertiary/aromatic N) is 5. The number of hydrogen-bond acceptors (Lipinski definition) is 9. The Morgan fingerprint density at radius 3 is 2.87 bits per heavy atom. The first-order chi connectivity index (χ1) is 22.3. The molecule has 2 atom stereocenters. The summed E-state index contributed by atoms with van der Waals surface area (Å²) in [6, 6.07) is 8.05. The largest absolute Gasteiger partial charge is 0.505 e. The van der Waals surface area contributed by atoms with Gasteiger partial charge in [0.1, 0.15) is 35.6 Å². The lowest BCUT2D eigenvalue weighted by Crippen LogP contribution is -2.43. The summed E-state index contributed by atoms with van der Waals surface area (Å²) in [5.74, 6) is -0.769. The van der Waals surface area contributed by atoms with Crippen molar-refractivity contribution in [2.24, 2.45) is 0 Å². The lowest BCUT2D eigenvalue weighted by atomic mass is 9.94. The van der Waals surface area contributed by atoms with Gasteiger partial charge in [0, 0.05) is 50.8 Å². The molecule has 0 spiro atoms. The van der Waals surface area contributed by atoms with Crippen LogP contribution in [0.3, 0.4) is 0 Å². The number of ether oxygens (including phenoxy) is 2. The predicted molar refractivity (Wildman–Crippen MR) is 166 cm³/mol. The molecule has 46 heavy (non-hydrogen) atoms. The molecular weight excluding hydrogens is 601 g/mol. The van der Waals surface area contributed by atoms with Gasteiger partial charge in [0.25, 0.3) is 0 Å². The number of anilines is 1. The molecule has 0 aliphatic carbocycles. The van der Waals surface area contributed by atoms with E-state index in [0.717, 1.165) is 38.9 Å². The molecule has 0 radical (unpaired) electrons. The molecule has 0 amide bonds. The van der Waals surface area contributed by atoms with Crippen LogP contribution >= 0.6 is 0 Å². The fraction of sp³-hybridized carbons (Fsp3) is 0.455. The van der Waals surface area contributed by atoms with Gasteiger partial charge in [0.15, 0.2) is 5.82 Å². The first-order valence-electron chi connectivity index (χ1n) is 15.7. The number of carboxylic acid groups (broad SMARTS) is 1. The van der Waals surface area contributed by atoms with Gasteiger partial charge in [-0.3, -0.25) is 9.88 Å². The molecule has 4 aromatic rings. The summed E-state index contributed by atoms with van der Waals surface area (Å²) in [6.45, 7) is 4.03. The van der Waals surface area contributed by atoms with E-state index in [4.69, 9.17) is 14.8 Å². The third kappa shape index (κ3) is 5.66. The summed E-state index contributed by atoms with van der Waals surface area (Å²) in [6.07, 6.45) is 2.12. The number of alkyl halides is 1. The number of hydrogen-bond donors (Lipinski definition) is 2. The van der Waals surface area contributed by atoms with Crippen molar-refractivity contribution in [2.75, 3.05) is 57.4 Å². The third-order valence-corrected chi connectivity index (χ3v) is 9.44. The van der Waals surface area contributed by atoms with Crippen molar-refractivity contribution in [3.8, 4) is 17.3 Å². The summed E-state index contributed by atoms with van der Waals surface area (Å²) < 4.78 is 57.3. The van der Waals surface area contributed by atoms with Crippen molar-refractivity contribution in [1.82, 2.24) is 25.2 Å². The van der Waals surface area contributed by atoms with Gasteiger partial charge in [0.2, 0.25) is 0 Å². The summed E-state index contributed by atoms with van der Waals surface area (Å²) in [5.41, 5.74) is 0.0861. The minimum Gasteiger partial charge on any atom is -0.461 e. The third-order valence-electron chi connectivity index (χ3n) is 9.44. The van der Waals surface area contributed by atoms with E-state index >= 15 is 8.78 Å². The van der Waals surface area contributed by atoms with Gasteiger partial charge in [-0.25, -0.2) is 18.0 Å². The Balaban J connectivity index is 1.33. The Hall–Kier alpha value is -4.23. The Bertz CT molecular complexity index is 1790. The molecule has 3 saturated heterocycles. The SMILES string of the molecule is O=C(O)OCCc1c(F)ccc2cccc(-c3ncc4c(N5CCCNCC5)nc(OC[C@@]56CCCN5C[C@H](F)C6)nc4c3F)c12. The standard InChI is InChI=1S/C33H35F3N6O4/c34-21-16-33(9-2-13-42(33)18-21)19-46-31-39-29-24(30(40-31)41-12-3-10-37-11-14-41)17-38-28(27(29)36)23-5-1-4-20-6-7-25(35)22(26(20)23)8-15-45-32(43)44/h1,4-7,17,21,37H,2-3,8-16,18-19H2,(H,43,44)/t21-,33+/m1/s1. The van der Waals surface area contributed by atoms with Crippen LogP contribution in [-0.2, 0) is 11.2 Å². The van der Waals surface area contributed by atoms with E-state index < -0.39 is 29.5 Å². The van der Waals surface area contributed by atoms with Crippen molar-refractivity contribution in [3.05, 3.63) is 53.7 Å². The zero-order chi connectivity index (χ0) is 31.8. The van der Waals surface area contributed by atoms with Gasteiger partial charge in [0.05, 0.1) is 17.5 Å². The summed E-state index contributed by atoms with van der Waals surface area (Å²) in [4.78, 5) is 29.0. The van der Waals surface area contributed by atoms with Crippen molar-refractivity contribution >= 4 is 33.6 Å². The first kappa shape index (κ1) is 30.4. The highest BCUT2D eigenvalue weighted by Crippen LogP contribution is 2.41. The monoisotopic (exact) mass is 636 g/mol. The minimum atomic E-state index is -1.46. The van der Waals surface area contributed by atoms with Gasteiger partial charge in [-0.05, 0) is 54.8 Å². The highest BCUT2D eigenvalue weighted by molar-refractivity contribution is 6.01. The van der Waals surface area contributed by atoms with Gasteiger partial charge in [-0.1, -0.05) is 24.3 Å². The van der Waals surface area contributed by atoms with E-state index in [1.807, 2.05) is 0 Å². The molecule has 0 bridgehead atoms. The number of pyridine rings is 1. The van der Waals surface area contributed by atoms with Crippen LogP contribution in [0, 0.1) is 11.6 Å². The number of carbonyl (C=O) groups is 1. The quantitative estimate of drug-likeness (QED) is 0.253. The first-order valence-corrected chi connectivity index (χ1v) is 15.7. The van der Waals surface area contributed by atoms with Crippen molar-refractivity contribution in [1.29, 1.82) is 0 Å². The molecule has 0 saturated carbocycles. The zero-order valence-electron chi connectivity index (χ0n) is 25.3. The molecule has 0 unspecified atom stereocenters. The van der Waals surface area contributed by atoms with Crippen molar-refractivity contribution in [3.63, 3.8) is 0 Å². The Kier molecular flexibility index (Phi) is 8.28. The van der Waals surface area contributed by atoms with Crippen LogP contribution in [0.2, 0.25) is 0 Å². The van der Waals surface area contributed by atoms with Crippen LogP contribution in [0.5, 0.6) is 6.01 Å². The number of nitrogens with one attached hydrogen (secondary N) is 1. The van der Waals surface area contributed by atoms with Gasteiger partial charge < -0.3 is 24.8 Å². The lowest BCUT2D eigenvalue weighted by molar-refractivity contribution is 0.0925. The van der Waals surface area contributed by atoms with E-state index in [2.05, 4.69) is 29.8 Å². The minimum absolute atomic E-state index is 0.00904.